The Balaban J connectivity index is 2.32. The van der Waals surface area contributed by atoms with E-state index in [0.29, 0.717) is 17.1 Å². The SMILES string of the molecule is COc1cc(C(=N)NN)nn1Cc1ccccc1F. The Morgan fingerprint density at radius 1 is 1.53 bits per heavy atom. The van der Waals surface area contributed by atoms with E-state index in [1.165, 1.54) is 17.9 Å². The summed E-state index contributed by atoms with van der Waals surface area (Å²) >= 11 is 0. The smallest absolute Gasteiger partial charge is 0.212 e. The highest BCUT2D eigenvalue weighted by Crippen LogP contribution is 2.16. The number of amidine groups is 1. The van der Waals surface area contributed by atoms with E-state index < -0.39 is 0 Å². The average molecular weight is 263 g/mol. The van der Waals surface area contributed by atoms with Crippen LogP contribution >= 0.6 is 0 Å². The first-order valence-corrected chi connectivity index (χ1v) is 5.56. The summed E-state index contributed by atoms with van der Waals surface area (Å²) in [5, 5.41) is 11.7. The van der Waals surface area contributed by atoms with Gasteiger partial charge >= 0.3 is 0 Å². The molecule has 1 aromatic heterocycles. The highest BCUT2D eigenvalue weighted by atomic mass is 19.1. The molecule has 0 spiro atoms. The van der Waals surface area contributed by atoms with Crippen LogP contribution in [0, 0.1) is 11.2 Å². The molecule has 0 saturated carbocycles. The molecule has 2 aromatic rings. The molecule has 0 amide bonds. The van der Waals surface area contributed by atoms with Crippen molar-refractivity contribution < 1.29 is 9.13 Å². The van der Waals surface area contributed by atoms with Crippen LogP contribution in [0.15, 0.2) is 30.3 Å². The van der Waals surface area contributed by atoms with Gasteiger partial charge in [-0.1, -0.05) is 18.2 Å². The van der Waals surface area contributed by atoms with Crippen LogP contribution in [0.4, 0.5) is 4.39 Å². The van der Waals surface area contributed by atoms with Gasteiger partial charge in [-0.05, 0) is 6.07 Å². The van der Waals surface area contributed by atoms with E-state index >= 15 is 0 Å². The summed E-state index contributed by atoms with van der Waals surface area (Å²) in [4.78, 5) is 0. The van der Waals surface area contributed by atoms with E-state index in [9.17, 15) is 4.39 Å². The molecule has 2 rings (SSSR count). The predicted octanol–water partition coefficient (Wildman–Crippen LogP) is 0.868. The van der Waals surface area contributed by atoms with Crippen LogP contribution in [0.1, 0.15) is 11.3 Å². The molecule has 1 heterocycles. The van der Waals surface area contributed by atoms with Crippen molar-refractivity contribution in [1.82, 2.24) is 15.2 Å². The van der Waals surface area contributed by atoms with Gasteiger partial charge in [0.05, 0.1) is 13.7 Å². The Kier molecular flexibility index (Phi) is 3.76. The van der Waals surface area contributed by atoms with Crippen molar-refractivity contribution in [2.75, 3.05) is 7.11 Å². The minimum absolute atomic E-state index is 0.0365. The fourth-order valence-electron chi connectivity index (χ4n) is 1.66. The third kappa shape index (κ3) is 2.71. The maximum atomic E-state index is 13.6. The van der Waals surface area contributed by atoms with E-state index in [1.54, 1.807) is 24.3 Å². The van der Waals surface area contributed by atoms with E-state index in [1.807, 2.05) is 0 Å². The third-order valence-corrected chi connectivity index (χ3v) is 2.63. The molecule has 6 nitrogen and oxygen atoms in total. The molecule has 0 unspecified atom stereocenters. The van der Waals surface area contributed by atoms with E-state index in [-0.39, 0.29) is 18.2 Å². The molecule has 7 heteroatoms. The van der Waals surface area contributed by atoms with Crippen molar-refractivity contribution in [3.05, 3.63) is 47.4 Å². The van der Waals surface area contributed by atoms with Crippen molar-refractivity contribution in [3.8, 4) is 5.88 Å². The van der Waals surface area contributed by atoms with E-state index in [2.05, 4.69) is 10.5 Å². The Hall–Kier alpha value is -2.41. The van der Waals surface area contributed by atoms with Crippen molar-refractivity contribution in [3.63, 3.8) is 0 Å². The van der Waals surface area contributed by atoms with Gasteiger partial charge in [0, 0.05) is 11.6 Å². The van der Waals surface area contributed by atoms with Gasteiger partial charge in [-0.25, -0.2) is 14.9 Å². The zero-order valence-electron chi connectivity index (χ0n) is 10.4. The highest BCUT2D eigenvalue weighted by molar-refractivity contribution is 5.94. The number of nitrogens with two attached hydrogens (primary N) is 1. The predicted molar refractivity (Wildman–Crippen MR) is 68.4 cm³/mol. The number of methoxy groups -OCH3 is 1. The fraction of sp³-hybridized carbons (Fsp3) is 0.167. The minimum atomic E-state index is -0.311. The topological polar surface area (TPSA) is 88.9 Å². The standard InChI is InChI=1S/C12H14FN5O/c1-19-11-6-10(12(14)16-15)17-18(11)7-8-4-2-3-5-9(8)13/h2-6H,7,15H2,1H3,(H2,14,16). The van der Waals surface area contributed by atoms with Gasteiger partial charge in [-0.2, -0.15) is 5.10 Å². The molecular weight excluding hydrogens is 249 g/mol. The molecule has 0 aliphatic carbocycles. The number of nitrogens with zero attached hydrogens (tertiary/aromatic N) is 2. The van der Waals surface area contributed by atoms with Gasteiger partial charge in [0.15, 0.2) is 5.84 Å². The Bertz CT molecular complexity index is 596. The van der Waals surface area contributed by atoms with Crippen molar-refractivity contribution >= 4 is 5.84 Å². The summed E-state index contributed by atoms with van der Waals surface area (Å²) in [6.45, 7) is 0.216. The number of benzene rings is 1. The van der Waals surface area contributed by atoms with Gasteiger partial charge in [-0.3, -0.25) is 5.41 Å². The van der Waals surface area contributed by atoms with Crippen LogP contribution in [0.25, 0.3) is 0 Å². The largest absolute Gasteiger partial charge is 0.481 e. The quantitative estimate of drug-likeness (QED) is 0.330. The second-order valence-electron chi connectivity index (χ2n) is 3.84. The summed E-state index contributed by atoms with van der Waals surface area (Å²) < 4.78 is 20.2. The lowest BCUT2D eigenvalue weighted by Gasteiger charge is -2.06. The molecule has 0 aliphatic rings. The molecule has 0 saturated heterocycles. The maximum absolute atomic E-state index is 13.6. The van der Waals surface area contributed by atoms with Gasteiger partial charge in [0.1, 0.15) is 11.5 Å². The highest BCUT2D eigenvalue weighted by Gasteiger charge is 2.13. The van der Waals surface area contributed by atoms with Crippen LogP contribution in [0.3, 0.4) is 0 Å². The molecular formula is C12H14FN5O. The number of nitrogens with one attached hydrogen (secondary N) is 2. The zero-order valence-corrected chi connectivity index (χ0v) is 10.4. The first-order chi connectivity index (χ1) is 9.15. The summed E-state index contributed by atoms with van der Waals surface area (Å²) in [6, 6.07) is 7.98. The lowest BCUT2D eigenvalue weighted by Crippen LogP contribution is -2.30. The summed E-state index contributed by atoms with van der Waals surface area (Å²) in [5.74, 6) is 5.24. The Labute approximate surface area is 109 Å². The molecule has 0 radical (unpaired) electrons. The Morgan fingerprint density at radius 3 is 2.89 bits per heavy atom. The zero-order chi connectivity index (χ0) is 13.8. The lowest BCUT2D eigenvalue weighted by molar-refractivity contribution is 0.365. The van der Waals surface area contributed by atoms with Gasteiger partial charge in [0.25, 0.3) is 0 Å². The maximum Gasteiger partial charge on any atom is 0.212 e. The first-order valence-electron chi connectivity index (χ1n) is 5.56. The van der Waals surface area contributed by atoms with E-state index in [4.69, 9.17) is 16.0 Å². The average Bonchev–Trinajstić information content (AvgIpc) is 2.83. The summed E-state index contributed by atoms with van der Waals surface area (Å²) in [7, 11) is 1.48. The van der Waals surface area contributed by atoms with Crippen LogP contribution in [-0.4, -0.2) is 22.7 Å². The van der Waals surface area contributed by atoms with E-state index in [0.717, 1.165) is 0 Å². The molecule has 100 valence electrons. The number of aromatic nitrogens is 2. The number of hydrogen-bond acceptors (Lipinski definition) is 4. The van der Waals surface area contributed by atoms with Crippen molar-refractivity contribution in [2.45, 2.75) is 6.54 Å². The normalized spacial score (nSPS) is 10.3. The summed E-state index contributed by atoms with van der Waals surface area (Å²) in [5.41, 5.74) is 3.02. The second kappa shape index (κ2) is 5.49. The number of rotatable bonds is 4. The first kappa shape index (κ1) is 13.0. The third-order valence-electron chi connectivity index (χ3n) is 2.63. The van der Waals surface area contributed by atoms with Gasteiger partial charge < -0.3 is 10.2 Å². The van der Waals surface area contributed by atoms with Crippen LogP contribution in [-0.2, 0) is 6.54 Å². The van der Waals surface area contributed by atoms with Crippen molar-refractivity contribution in [2.24, 2.45) is 5.84 Å². The number of halogens is 1. The van der Waals surface area contributed by atoms with Crippen molar-refractivity contribution in [1.29, 1.82) is 5.41 Å². The number of ether oxygens (including phenoxy) is 1. The fourth-order valence-corrected chi connectivity index (χ4v) is 1.66. The monoisotopic (exact) mass is 263 g/mol. The van der Waals surface area contributed by atoms with Crippen LogP contribution in [0.2, 0.25) is 0 Å². The minimum Gasteiger partial charge on any atom is -0.481 e. The van der Waals surface area contributed by atoms with Gasteiger partial charge in [0.2, 0.25) is 5.88 Å². The van der Waals surface area contributed by atoms with Gasteiger partial charge in [-0.15, -0.1) is 0 Å². The number of hydrazine groups is 1. The molecule has 0 bridgehead atoms. The number of hydrogen-bond donors (Lipinski definition) is 3. The Morgan fingerprint density at radius 2 is 2.26 bits per heavy atom. The second-order valence-corrected chi connectivity index (χ2v) is 3.84. The van der Waals surface area contributed by atoms with Crippen LogP contribution in [0.5, 0.6) is 5.88 Å². The molecule has 0 fully saturated rings. The molecule has 0 atom stereocenters. The molecule has 0 aliphatic heterocycles. The molecule has 19 heavy (non-hydrogen) atoms. The summed E-state index contributed by atoms with van der Waals surface area (Å²) in [6.07, 6.45) is 0. The molecule has 1 aromatic carbocycles. The molecule has 4 N–H and O–H groups in total. The lowest BCUT2D eigenvalue weighted by atomic mass is 10.2. The van der Waals surface area contributed by atoms with Crippen LogP contribution < -0.4 is 16.0 Å².